The molecule has 3 heterocycles. The van der Waals surface area contributed by atoms with Gasteiger partial charge in [0.05, 0.1) is 17.8 Å². The molecule has 32 heavy (non-hydrogen) atoms. The minimum atomic E-state index is -0.135. The topological polar surface area (TPSA) is 85.1 Å². The number of para-hydroxylation sites is 1. The van der Waals surface area contributed by atoms with Gasteiger partial charge in [0.15, 0.2) is 5.69 Å². The summed E-state index contributed by atoms with van der Waals surface area (Å²) < 4.78 is 3.37. The predicted molar refractivity (Wildman–Crippen MR) is 123 cm³/mol. The number of fused-ring (bicyclic) bond motifs is 2. The zero-order chi connectivity index (χ0) is 22.1. The van der Waals surface area contributed by atoms with Gasteiger partial charge in [-0.1, -0.05) is 24.6 Å². The van der Waals surface area contributed by atoms with Gasteiger partial charge < -0.3 is 5.32 Å². The SMILES string of the molecule is Cn1nc(C(=O)NCC2CCCCN2CCn2nc3c(cc2=O)CCC3)c2ccccc21. The van der Waals surface area contributed by atoms with Crippen molar-refractivity contribution in [1.29, 1.82) is 0 Å². The number of hydrogen-bond donors (Lipinski definition) is 1. The quantitative estimate of drug-likeness (QED) is 0.641. The molecule has 2 aromatic heterocycles. The zero-order valence-electron chi connectivity index (χ0n) is 18.6. The molecule has 0 spiro atoms. The first kappa shape index (κ1) is 20.9. The molecule has 5 rings (SSSR count). The molecule has 168 valence electrons. The molecule has 8 heteroatoms. The van der Waals surface area contributed by atoms with Crippen molar-refractivity contribution in [3.8, 4) is 0 Å². The van der Waals surface area contributed by atoms with Gasteiger partial charge in [-0.15, -0.1) is 0 Å². The molecule has 1 saturated heterocycles. The number of aromatic nitrogens is 4. The number of piperidine rings is 1. The van der Waals surface area contributed by atoms with Crippen molar-refractivity contribution < 1.29 is 4.79 Å². The average Bonchev–Trinajstić information content (AvgIpc) is 3.40. The van der Waals surface area contributed by atoms with E-state index in [0.29, 0.717) is 18.8 Å². The predicted octanol–water partition coefficient (Wildman–Crippen LogP) is 1.90. The number of nitrogens with zero attached hydrogens (tertiary/aromatic N) is 5. The van der Waals surface area contributed by atoms with Crippen LogP contribution in [0, 0.1) is 0 Å². The van der Waals surface area contributed by atoms with E-state index in [1.54, 1.807) is 15.4 Å². The highest BCUT2D eigenvalue weighted by atomic mass is 16.2. The van der Waals surface area contributed by atoms with Crippen LogP contribution in [0.2, 0.25) is 0 Å². The average molecular weight is 435 g/mol. The third kappa shape index (κ3) is 4.07. The largest absolute Gasteiger partial charge is 0.349 e. The molecular formula is C24H30N6O2. The van der Waals surface area contributed by atoms with E-state index in [4.69, 9.17) is 0 Å². The summed E-state index contributed by atoms with van der Waals surface area (Å²) in [6.45, 7) is 2.91. The number of nitrogens with one attached hydrogen (secondary N) is 1. The van der Waals surface area contributed by atoms with Crippen molar-refractivity contribution in [3.63, 3.8) is 0 Å². The summed E-state index contributed by atoms with van der Waals surface area (Å²) in [5.41, 5.74) is 3.61. The maximum absolute atomic E-state index is 12.9. The third-order valence-corrected chi connectivity index (χ3v) is 6.84. The van der Waals surface area contributed by atoms with Crippen molar-refractivity contribution >= 4 is 16.8 Å². The second kappa shape index (κ2) is 8.86. The van der Waals surface area contributed by atoms with Gasteiger partial charge in [0.1, 0.15) is 0 Å². The maximum atomic E-state index is 12.9. The molecule has 0 radical (unpaired) electrons. The first-order valence-corrected chi connectivity index (χ1v) is 11.6. The summed E-state index contributed by atoms with van der Waals surface area (Å²) in [4.78, 5) is 27.7. The van der Waals surface area contributed by atoms with Crippen molar-refractivity contribution in [2.75, 3.05) is 19.6 Å². The lowest BCUT2D eigenvalue weighted by Gasteiger charge is -2.35. The zero-order valence-corrected chi connectivity index (χ0v) is 18.6. The Morgan fingerprint density at radius 3 is 2.91 bits per heavy atom. The number of benzene rings is 1. The molecule has 1 unspecified atom stereocenters. The molecule has 1 atom stereocenters. The number of amides is 1. The molecule has 1 aliphatic carbocycles. The van der Waals surface area contributed by atoms with Gasteiger partial charge in [-0.2, -0.15) is 10.2 Å². The number of rotatable bonds is 6. The lowest BCUT2D eigenvalue weighted by atomic mass is 10.0. The fourth-order valence-corrected chi connectivity index (χ4v) is 5.08. The highest BCUT2D eigenvalue weighted by molar-refractivity contribution is 6.04. The summed E-state index contributed by atoms with van der Waals surface area (Å²) in [6.07, 6.45) is 6.36. The normalized spacial score (nSPS) is 18.7. The number of hydrogen-bond acceptors (Lipinski definition) is 5. The Labute approximate surface area is 187 Å². The Hall–Kier alpha value is -3.00. The summed E-state index contributed by atoms with van der Waals surface area (Å²) in [6, 6.07) is 9.81. The van der Waals surface area contributed by atoms with Crippen molar-refractivity contribution in [2.45, 2.75) is 51.1 Å². The molecule has 1 amide bonds. The van der Waals surface area contributed by atoms with E-state index in [2.05, 4.69) is 20.4 Å². The van der Waals surface area contributed by atoms with E-state index >= 15 is 0 Å². The van der Waals surface area contributed by atoms with E-state index in [9.17, 15) is 9.59 Å². The monoisotopic (exact) mass is 434 g/mol. The Balaban J connectivity index is 1.23. The van der Waals surface area contributed by atoms with Crippen LogP contribution >= 0.6 is 0 Å². The van der Waals surface area contributed by atoms with Crippen molar-refractivity contribution in [2.24, 2.45) is 7.05 Å². The highest BCUT2D eigenvalue weighted by Crippen LogP contribution is 2.20. The maximum Gasteiger partial charge on any atom is 0.272 e. The van der Waals surface area contributed by atoms with Crippen LogP contribution in [0.15, 0.2) is 35.1 Å². The number of carbonyl (C=O) groups is 1. The second-order valence-corrected chi connectivity index (χ2v) is 8.92. The first-order valence-electron chi connectivity index (χ1n) is 11.6. The minimum Gasteiger partial charge on any atom is -0.349 e. The van der Waals surface area contributed by atoms with E-state index in [0.717, 1.165) is 73.8 Å². The fourth-order valence-electron chi connectivity index (χ4n) is 5.08. The summed E-state index contributed by atoms with van der Waals surface area (Å²) in [7, 11) is 1.86. The van der Waals surface area contributed by atoms with Crippen LogP contribution in [-0.4, -0.2) is 56.0 Å². The first-order chi connectivity index (χ1) is 15.6. The van der Waals surface area contributed by atoms with Crippen LogP contribution in [0.3, 0.4) is 0 Å². The van der Waals surface area contributed by atoms with Crippen LogP contribution in [-0.2, 0) is 26.4 Å². The molecule has 2 aliphatic rings. The van der Waals surface area contributed by atoms with Gasteiger partial charge in [-0.3, -0.25) is 19.2 Å². The standard InChI is InChI=1S/C24H30N6O2/c1-28-21-11-3-2-9-19(21)23(27-28)24(32)25-16-18-8-4-5-12-29(18)13-14-30-22(31)15-17-7-6-10-20(17)26-30/h2-3,9,11,15,18H,4-8,10,12-14,16H2,1H3,(H,25,32). The van der Waals surface area contributed by atoms with E-state index in [1.807, 2.05) is 31.3 Å². The second-order valence-electron chi connectivity index (χ2n) is 8.92. The summed E-state index contributed by atoms with van der Waals surface area (Å²) in [5, 5.41) is 13.0. The van der Waals surface area contributed by atoms with Gasteiger partial charge in [-0.25, -0.2) is 4.68 Å². The van der Waals surface area contributed by atoms with Gasteiger partial charge in [-0.05, 0) is 50.3 Å². The van der Waals surface area contributed by atoms with Crippen molar-refractivity contribution in [3.05, 3.63) is 57.6 Å². The molecule has 1 N–H and O–H groups in total. The van der Waals surface area contributed by atoms with Crippen molar-refractivity contribution in [1.82, 2.24) is 29.8 Å². The Morgan fingerprint density at radius 1 is 1.12 bits per heavy atom. The molecular weight excluding hydrogens is 404 g/mol. The Kier molecular flexibility index (Phi) is 5.78. The fraction of sp³-hybridized carbons (Fsp3) is 0.500. The van der Waals surface area contributed by atoms with E-state index in [1.165, 1.54) is 0 Å². The molecule has 1 aromatic carbocycles. The van der Waals surface area contributed by atoms with Gasteiger partial charge in [0, 0.05) is 37.6 Å². The van der Waals surface area contributed by atoms with Crippen LogP contribution in [0.25, 0.3) is 10.9 Å². The molecule has 0 bridgehead atoms. The third-order valence-electron chi connectivity index (χ3n) is 6.84. The molecule has 0 saturated carbocycles. The highest BCUT2D eigenvalue weighted by Gasteiger charge is 2.24. The minimum absolute atomic E-state index is 0.00505. The summed E-state index contributed by atoms with van der Waals surface area (Å²) >= 11 is 0. The van der Waals surface area contributed by atoms with Crippen LogP contribution < -0.4 is 10.9 Å². The molecule has 1 fully saturated rings. The number of aryl methyl sites for hydroxylation is 3. The summed E-state index contributed by atoms with van der Waals surface area (Å²) in [5.74, 6) is -0.135. The number of carbonyl (C=O) groups excluding carboxylic acids is 1. The van der Waals surface area contributed by atoms with Gasteiger partial charge in [0.25, 0.3) is 11.5 Å². The van der Waals surface area contributed by atoms with E-state index in [-0.39, 0.29) is 17.5 Å². The molecule has 1 aliphatic heterocycles. The Morgan fingerprint density at radius 2 is 2.00 bits per heavy atom. The lowest BCUT2D eigenvalue weighted by Crippen LogP contribution is -2.48. The van der Waals surface area contributed by atoms with Crippen LogP contribution in [0.5, 0.6) is 0 Å². The molecule has 8 nitrogen and oxygen atoms in total. The van der Waals surface area contributed by atoms with Crippen LogP contribution in [0.4, 0.5) is 0 Å². The lowest BCUT2D eigenvalue weighted by molar-refractivity contribution is 0.0905. The smallest absolute Gasteiger partial charge is 0.272 e. The van der Waals surface area contributed by atoms with Gasteiger partial charge >= 0.3 is 0 Å². The van der Waals surface area contributed by atoms with Gasteiger partial charge in [0.2, 0.25) is 0 Å². The van der Waals surface area contributed by atoms with Crippen LogP contribution in [0.1, 0.15) is 47.4 Å². The van der Waals surface area contributed by atoms with E-state index < -0.39 is 0 Å². The number of likely N-dealkylation sites (tertiary alicyclic amines) is 1. The Bertz CT molecular complexity index is 1200. The molecule has 3 aromatic rings.